The summed E-state index contributed by atoms with van der Waals surface area (Å²) in [6.45, 7) is 25.1. The van der Waals surface area contributed by atoms with Crippen LogP contribution in [0.2, 0.25) is 0 Å². The van der Waals surface area contributed by atoms with Crippen LogP contribution in [0.4, 0.5) is 9.59 Å². The first-order valence-corrected chi connectivity index (χ1v) is 15.0. The molecule has 0 aromatic heterocycles. The van der Waals surface area contributed by atoms with E-state index in [0.29, 0.717) is 6.61 Å². The van der Waals surface area contributed by atoms with Crippen molar-refractivity contribution in [1.29, 1.82) is 0 Å². The summed E-state index contributed by atoms with van der Waals surface area (Å²) in [6.07, 6.45) is -3.47. The molecular weight excluding hydrogens is 596 g/mol. The lowest BCUT2D eigenvalue weighted by Crippen LogP contribution is -2.31. The van der Waals surface area contributed by atoms with Crippen molar-refractivity contribution in [3.05, 3.63) is 0 Å². The fourth-order valence-corrected chi connectivity index (χ4v) is 1.95. The van der Waals surface area contributed by atoms with E-state index in [-0.39, 0.29) is 54.7 Å². The van der Waals surface area contributed by atoms with Crippen LogP contribution in [0.15, 0.2) is 0 Å². The fourth-order valence-electron chi connectivity index (χ4n) is 1.95. The lowest BCUT2D eigenvalue weighted by atomic mass is 10.2. The first-order chi connectivity index (χ1) is 20.7. The number of carbonyl (C=O) groups excluding carboxylic acids is 6. The van der Waals surface area contributed by atoms with E-state index in [4.69, 9.17) is 14.2 Å². The van der Waals surface area contributed by atoms with Gasteiger partial charge in [-0.3, -0.25) is 19.2 Å². The summed E-state index contributed by atoms with van der Waals surface area (Å²) < 4.78 is 37.4. The van der Waals surface area contributed by atoms with Crippen LogP contribution in [0.1, 0.15) is 96.9 Å². The van der Waals surface area contributed by atoms with Gasteiger partial charge in [0.2, 0.25) is 6.29 Å². The number of hydrogen-bond acceptors (Lipinski definition) is 14. The van der Waals surface area contributed by atoms with Gasteiger partial charge in [0.25, 0.3) is 6.29 Å². The van der Waals surface area contributed by atoms with E-state index in [1.165, 1.54) is 14.0 Å². The van der Waals surface area contributed by atoms with E-state index in [0.717, 1.165) is 0 Å². The quantitative estimate of drug-likeness (QED) is 0.135. The molecule has 0 aliphatic rings. The number of hydrogen-bond donors (Lipinski definition) is 0. The van der Waals surface area contributed by atoms with Gasteiger partial charge in [0, 0.05) is 12.8 Å². The molecule has 2 unspecified atom stereocenters. The van der Waals surface area contributed by atoms with Crippen LogP contribution in [0.3, 0.4) is 0 Å². The molecule has 0 spiro atoms. The summed E-state index contributed by atoms with van der Waals surface area (Å²) in [5.41, 5.74) is 0. The minimum atomic E-state index is -0.913. The molecule has 0 bridgehead atoms. The van der Waals surface area contributed by atoms with E-state index >= 15 is 0 Å². The summed E-state index contributed by atoms with van der Waals surface area (Å²) in [6, 6.07) is 0. The topological polar surface area (TPSA) is 176 Å². The van der Waals surface area contributed by atoms with Crippen molar-refractivity contribution in [1.82, 2.24) is 0 Å². The van der Waals surface area contributed by atoms with Gasteiger partial charge in [-0.25, -0.2) is 9.59 Å². The number of carbonyl (C=O) groups is 6. The molecule has 266 valence electrons. The number of methoxy groups -OCH3 is 1. The highest BCUT2D eigenvalue weighted by molar-refractivity contribution is 5.72. The third-order valence-electron chi connectivity index (χ3n) is 4.43. The van der Waals surface area contributed by atoms with E-state index in [9.17, 15) is 28.8 Å². The van der Waals surface area contributed by atoms with Crippen molar-refractivity contribution in [2.45, 2.75) is 110 Å². The summed E-state index contributed by atoms with van der Waals surface area (Å²) in [7, 11) is 1.39. The van der Waals surface area contributed by atoms with Gasteiger partial charge in [-0.1, -0.05) is 69.2 Å². The maximum absolute atomic E-state index is 11.3. The lowest BCUT2D eigenvalue weighted by molar-refractivity contribution is -0.182. The van der Waals surface area contributed by atoms with Gasteiger partial charge in [0.05, 0.1) is 50.6 Å². The van der Waals surface area contributed by atoms with Crippen molar-refractivity contribution < 1.29 is 66.7 Å². The standard InChI is InChI=1S/C11H20O5.C9H16O5.C6H12O2.C5H10O2/c1-6-14-11(13)16-10(8(4)5)15-9(12)7(2)3;1-5-12-9(11)14-7(4)13-8(10)6(2)3;1-4-8-6(7)5(2)3;1-4(2)5(6)7-3/h7-8,10H,6H2,1-5H3;6-7H,5H2,1-4H3;5H,4H2,1-3H3;4H,1-3H3. The van der Waals surface area contributed by atoms with Crippen molar-refractivity contribution in [3.63, 3.8) is 0 Å². The third-order valence-corrected chi connectivity index (χ3v) is 4.43. The predicted octanol–water partition coefficient (Wildman–Crippen LogP) is 6.07. The van der Waals surface area contributed by atoms with Gasteiger partial charge in [0.1, 0.15) is 0 Å². The Bertz CT molecular complexity index is 834. The molecule has 0 N–H and O–H groups in total. The summed E-state index contributed by atoms with van der Waals surface area (Å²) in [5.74, 6) is -1.69. The maximum atomic E-state index is 11.3. The molecule has 14 heteroatoms. The number of rotatable bonds is 12. The zero-order valence-electron chi connectivity index (χ0n) is 29.9. The Morgan fingerprint density at radius 3 is 1.07 bits per heavy atom. The zero-order chi connectivity index (χ0) is 36.3. The lowest BCUT2D eigenvalue weighted by Gasteiger charge is -2.21. The van der Waals surface area contributed by atoms with Crippen LogP contribution in [0.25, 0.3) is 0 Å². The Morgan fingerprint density at radius 2 is 0.800 bits per heavy atom. The van der Waals surface area contributed by atoms with Gasteiger partial charge in [-0.2, -0.15) is 0 Å². The average molecular weight is 655 g/mol. The highest BCUT2D eigenvalue weighted by atomic mass is 16.8. The summed E-state index contributed by atoms with van der Waals surface area (Å²) in [4.78, 5) is 65.0. The Balaban J connectivity index is -0.000000263. The van der Waals surface area contributed by atoms with Crippen LogP contribution >= 0.6 is 0 Å². The monoisotopic (exact) mass is 654 g/mol. The van der Waals surface area contributed by atoms with Crippen LogP contribution in [-0.4, -0.2) is 75.7 Å². The molecular formula is C31H58O14. The second-order valence-electron chi connectivity index (χ2n) is 10.5. The zero-order valence-corrected chi connectivity index (χ0v) is 29.9. The molecule has 0 heterocycles. The third kappa shape index (κ3) is 31.6. The average Bonchev–Trinajstić information content (AvgIpc) is 2.93. The molecule has 0 amide bonds. The fraction of sp³-hybridized carbons (Fsp3) is 0.806. The van der Waals surface area contributed by atoms with Crippen LogP contribution in [-0.2, 0) is 57.1 Å². The molecule has 2 atom stereocenters. The Kier molecular flexibility index (Phi) is 31.3. The molecule has 14 nitrogen and oxygen atoms in total. The largest absolute Gasteiger partial charge is 0.511 e. The van der Waals surface area contributed by atoms with Gasteiger partial charge in [0.15, 0.2) is 0 Å². The van der Waals surface area contributed by atoms with E-state index < -0.39 is 36.8 Å². The van der Waals surface area contributed by atoms with E-state index in [1.807, 2.05) is 13.8 Å². The molecule has 0 radical (unpaired) electrons. The van der Waals surface area contributed by atoms with Crippen LogP contribution in [0.5, 0.6) is 0 Å². The second kappa shape index (κ2) is 29.1. The SMILES string of the molecule is CCOC(=O)C(C)C.CCOC(=O)OC(C)OC(=O)C(C)C.CCOC(=O)OC(OC(=O)C(C)C)C(C)C.COC(=O)C(C)C. The Morgan fingerprint density at radius 1 is 0.444 bits per heavy atom. The molecule has 0 fully saturated rings. The van der Waals surface area contributed by atoms with Crippen LogP contribution in [0, 0.1) is 29.6 Å². The molecule has 0 aliphatic heterocycles. The van der Waals surface area contributed by atoms with Crippen LogP contribution < -0.4 is 0 Å². The predicted molar refractivity (Wildman–Crippen MR) is 164 cm³/mol. The molecule has 0 aromatic rings. The van der Waals surface area contributed by atoms with E-state index in [2.05, 4.69) is 23.7 Å². The normalized spacial score (nSPS) is 11.3. The number of ether oxygens (including phenoxy) is 8. The van der Waals surface area contributed by atoms with Gasteiger partial charge < -0.3 is 37.9 Å². The summed E-state index contributed by atoms with van der Waals surface area (Å²) >= 11 is 0. The van der Waals surface area contributed by atoms with E-state index in [1.54, 1.807) is 76.2 Å². The van der Waals surface area contributed by atoms with Gasteiger partial charge >= 0.3 is 36.2 Å². The first-order valence-electron chi connectivity index (χ1n) is 15.0. The first kappa shape index (κ1) is 48.3. The van der Waals surface area contributed by atoms with Gasteiger partial charge in [-0.15, -0.1) is 0 Å². The maximum Gasteiger partial charge on any atom is 0.511 e. The molecule has 0 saturated heterocycles. The van der Waals surface area contributed by atoms with Crippen molar-refractivity contribution >= 4 is 36.2 Å². The molecule has 0 rings (SSSR count). The molecule has 0 aliphatic carbocycles. The Labute approximate surface area is 269 Å². The molecule has 0 aromatic carbocycles. The van der Waals surface area contributed by atoms with Crippen molar-refractivity contribution in [3.8, 4) is 0 Å². The number of esters is 4. The minimum absolute atomic E-state index is 0.00463. The molecule has 0 saturated carbocycles. The van der Waals surface area contributed by atoms with Crippen molar-refractivity contribution in [2.24, 2.45) is 29.6 Å². The summed E-state index contributed by atoms with van der Waals surface area (Å²) in [5, 5.41) is 0. The Hall–Kier alpha value is -3.58. The molecule has 45 heavy (non-hydrogen) atoms. The van der Waals surface area contributed by atoms with Gasteiger partial charge in [-0.05, 0) is 20.8 Å². The highest BCUT2D eigenvalue weighted by Gasteiger charge is 2.24. The van der Waals surface area contributed by atoms with Crippen molar-refractivity contribution in [2.75, 3.05) is 26.9 Å². The second-order valence-corrected chi connectivity index (χ2v) is 10.5. The highest BCUT2D eigenvalue weighted by Crippen LogP contribution is 2.12. The minimum Gasteiger partial charge on any atom is -0.469 e. The smallest absolute Gasteiger partial charge is 0.469 e.